The molecule has 4 rings (SSSR count). The second-order valence-corrected chi connectivity index (χ2v) is 8.88. The molecule has 1 aromatic carbocycles. The minimum atomic E-state index is -4.10. The zero-order valence-corrected chi connectivity index (χ0v) is 16.8. The van der Waals surface area contributed by atoms with Crippen LogP contribution in [0.15, 0.2) is 40.4 Å². The van der Waals surface area contributed by atoms with Crippen LogP contribution in [0.25, 0.3) is 16.7 Å². The summed E-state index contributed by atoms with van der Waals surface area (Å²) in [5.74, 6) is -0.722. The predicted molar refractivity (Wildman–Crippen MR) is 105 cm³/mol. The van der Waals surface area contributed by atoms with Crippen LogP contribution in [0.4, 0.5) is 5.13 Å². The molecule has 2 aromatic heterocycles. The van der Waals surface area contributed by atoms with Gasteiger partial charge in [0.1, 0.15) is 16.3 Å². The molecule has 0 atom stereocenters. The molecule has 2 N–H and O–H groups in total. The second-order valence-electron chi connectivity index (χ2n) is 6.08. The lowest BCUT2D eigenvalue weighted by molar-refractivity contribution is -0.113. The molecule has 0 bridgehead atoms. The molecule has 1 aliphatic rings. The number of nitrogens with one attached hydrogen (secondary N) is 1. The van der Waals surface area contributed by atoms with Crippen molar-refractivity contribution in [2.75, 3.05) is 19.5 Å². The van der Waals surface area contributed by atoms with Gasteiger partial charge in [0.15, 0.2) is 16.6 Å². The third-order valence-corrected chi connectivity index (χ3v) is 7.13. The zero-order chi connectivity index (χ0) is 20.2. The topological polar surface area (TPSA) is 114 Å². The number of benzene rings is 1. The Labute approximate surface area is 164 Å². The number of likely N-dealkylation sites (N-methyl/N-ethyl adjacent to an activating group) is 1. The molecule has 0 aliphatic carbocycles. The fourth-order valence-electron chi connectivity index (χ4n) is 3.25. The molecule has 0 spiro atoms. The normalized spacial score (nSPS) is 15.6. The number of fused-ring (bicyclic) bond motifs is 3. The van der Waals surface area contributed by atoms with Gasteiger partial charge in [-0.2, -0.15) is 0 Å². The summed E-state index contributed by atoms with van der Waals surface area (Å²) in [6, 6.07) is 4.99. The highest BCUT2D eigenvalue weighted by molar-refractivity contribution is 7.89. The van der Waals surface area contributed by atoms with E-state index in [0.29, 0.717) is 21.8 Å². The van der Waals surface area contributed by atoms with E-state index in [1.54, 1.807) is 35.2 Å². The molecule has 0 radical (unpaired) electrons. The molecule has 0 unspecified atom stereocenters. The lowest BCUT2D eigenvalue weighted by Crippen LogP contribution is -2.37. The number of aliphatic hydroxyl groups is 1. The van der Waals surface area contributed by atoms with Crippen LogP contribution in [0.1, 0.15) is 5.69 Å². The first kappa shape index (κ1) is 18.3. The number of hydrogen-bond donors (Lipinski definition) is 2. The Morgan fingerprint density at radius 1 is 1.32 bits per heavy atom. The molecule has 0 saturated carbocycles. The molecule has 1 aliphatic heterocycles. The third kappa shape index (κ3) is 2.47. The summed E-state index contributed by atoms with van der Waals surface area (Å²) >= 11 is 1.18. The number of nitrogens with zero attached hydrogens (tertiary/aromatic N) is 3. The van der Waals surface area contributed by atoms with Gasteiger partial charge in [-0.3, -0.25) is 14.4 Å². The van der Waals surface area contributed by atoms with E-state index in [1.165, 1.54) is 31.7 Å². The van der Waals surface area contributed by atoms with Gasteiger partial charge < -0.3 is 14.4 Å². The number of rotatable bonds is 3. The second kappa shape index (κ2) is 6.24. The SMILES string of the molecule is COc1ccc2c(c1)c1c(n2C)C(O)=C(C(=O)Nc2nccs2)N(C)S1(=O)=O. The minimum Gasteiger partial charge on any atom is -0.504 e. The van der Waals surface area contributed by atoms with Gasteiger partial charge in [0.05, 0.1) is 12.6 Å². The number of carbonyl (C=O) groups excluding carboxylic acids is 1. The Kier molecular flexibility index (Phi) is 4.08. The summed E-state index contributed by atoms with van der Waals surface area (Å²) in [5.41, 5.74) is 0.252. The van der Waals surface area contributed by atoms with E-state index >= 15 is 0 Å². The summed E-state index contributed by atoms with van der Waals surface area (Å²) < 4.78 is 34.0. The predicted octanol–water partition coefficient (Wildman–Crippen LogP) is 2.14. The molecule has 1 amide bonds. The summed E-state index contributed by atoms with van der Waals surface area (Å²) in [7, 11) is 0.238. The Morgan fingerprint density at radius 2 is 2.07 bits per heavy atom. The minimum absolute atomic E-state index is 0.0469. The van der Waals surface area contributed by atoms with E-state index in [0.717, 1.165) is 4.31 Å². The van der Waals surface area contributed by atoms with Crippen molar-refractivity contribution in [1.29, 1.82) is 0 Å². The van der Waals surface area contributed by atoms with Gasteiger partial charge in [0.2, 0.25) is 0 Å². The van der Waals surface area contributed by atoms with Gasteiger partial charge in [-0.25, -0.2) is 13.4 Å². The lowest BCUT2D eigenvalue weighted by Gasteiger charge is -2.27. The highest BCUT2D eigenvalue weighted by Gasteiger charge is 2.42. The number of anilines is 1. The number of aryl methyl sites for hydroxylation is 1. The van der Waals surface area contributed by atoms with E-state index in [1.807, 2.05) is 0 Å². The highest BCUT2D eigenvalue weighted by Crippen LogP contribution is 2.42. The number of hydrogen-bond acceptors (Lipinski definition) is 7. The van der Waals surface area contributed by atoms with E-state index in [-0.39, 0.29) is 16.3 Å². The van der Waals surface area contributed by atoms with E-state index in [9.17, 15) is 18.3 Å². The number of carbonyl (C=O) groups is 1. The van der Waals surface area contributed by atoms with Crippen LogP contribution >= 0.6 is 11.3 Å². The van der Waals surface area contributed by atoms with Gasteiger partial charge >= 0.3 is 0 Å². The van der Waals surface area contributed by atoms with Crippen LogP contribution in [0.5, 0.6) is 5.75 Å². The van der Waals surface area contributed by atoms with Crippen molar-refractivity contribution in [1.82, 2.24) is 13.9 Å². The van der Waals surface area contributed by atoms with Crippen molar-refractivity contribution in [3.63, 3.8) is 0 Å². The van der Waals surface area contributed by atoms with Gasteiger partial charge in [-0.05, 0) is 18.2 Å². The summed E-state index contributed by atoms with van der Waals surface area (Å²) in [6.45, 7) is 0. The highest BCUT2D eigenvalue weighted by atomic mass is 32.2. The molecule has 0 fully saturated rings. The van der Waals surface area contributed by atoms with Crippen LogP contribution < -0.4 is 10.1 Å². The van der Waals surface area contributed by atoms with Crippen molar-refractivity contribution in [3.8, 4) is 5.75 Å². The summed E-state index contributed by atoms with van der Waals surface area (Å²) in [4.78, 5) is 16.6. The first-order valence-electron chi connectivity index (χ1n) is 8.07. The molecular weight excluding hydrogens is 404 g/mol. The van der Waals surface area contributed by atoms with E-state index < -0.39 is 21.7 Å². The fourth-order valence-corrected chi connectivity index (χ4v) is 5.38. The summed E-state index contributed by atoms with van der Waals surface area (Å²) in [5, 5.41) is 15.7. The number of ether oxygens (including phenoxy) is 1. The fraction of sp³-hybridized carbons (Fsp3) is 0.176. The number of methoxy groups -OCH3 is 1. The third-order valence-electron chi connectivity index (χ3n) is 4.61. The average molecular weight is 420 g/mol. The Bertz CT molecular complexity index is 1240. The maximum Gasteiger partial charge on any atom is 0.278 e. The smallest absolute Gasteiger partial charge is 0.278 e. The molecule has 0 saturated heterocycles. The van der Waals surface area contributed by atoms with Crippen LogP contribution in [0.2, 0.25) is 0 Å². The number of aliphatic hydroxyl groups excluding tert-OH is 1. The molecule has 3 heterocycles. The molecule has 11 heteroatoms. The van der Waals surface area contributed by atoms with Gasteiger partial charge in [0, 0.05) is 31.1 Å². The Balaban J connectivity index is 1.98. The van der Waals surface area contributed by atoms with E-state index in [4.69, 9.17) is 4.74 Å². The first-order chi connectivity index (χ1) is 13.3. The number of sulfonamides is 1. The molecule has 3 aromatic rings. The quantitative estimate of drug-likeness (QED) is 0.671. The van der Waals surface area contributed by atoms with Crippen molar-refractivity contribution >= 4 is 49.1 Å². The summed E-state index contributed by atoms with van der Waals surface area (Å²) in [6.07, 6.45) is 1.51. The Hall–Kier alpha value is -3.05. The van der Waals surface area contributed by atoms with Crippen molar-refractivity contribution in [2.45, 2.75) is 4.90 Å². The van der Waals surface area contributed by atoms with Gasteiger partial charge in [-0.15, -0.1) is 11.3 Å². The van der Waals surface area contributed by atoms with Gasteiger partial charge in [0.25, 0.3) is 15.9 Å². The lowest BCUT2D eigenvalue weighted by atomic mass is 10.2. The maximum atomic E-state index is 13.2. The van der Waals surface area contributed by atoms with Crippen LogP contribution in [-0.2, 0) is 21.9 Å². The van der Waals surface area contributed by atoms with Gasteiger partial charge in [-0.1, -0.05) is 0 Å². The first-order valence-corrected chi connectivity index (χ1v) is 10.4. The van der Waals surface area contributed by atoms with Crippen molar-refractivity contribution < 1.29 is 23.1 Å². The van der Waals surface area contributed by atoms with Crippen molar-refractivity contribution in [3.05, 3.63) is 41.2 Å². The number of aromatic nitrogens is 2. The number of thiazole rings is 1. The zero-order valence-electron chi connectivity index (χ0n) is 15.1. The van der Waals surface area contributed by atoms with E-state index in [2.05, 4.69) is 10.3 Å². The standard InChI is InChI=1S/C17H16N4O5S2/c1-20-11-5-4-9(26-3)8-10(11)15-12(20)14(22)13(21(2)28(15,24)25)16(23)19-17-18-6-7-27-17/h4-8,22H,1-3H3,(H,18,19,23). The molecule has 9 nitrogen and oxygen atoms in total. The largest absolute Gasteiger partial charge is 0.504 e. The molecular formula is C17H16N4O5S2. The van der Waals surface area contributed by atoms with Crippen LogP contribution in [0.3, 0.4) is 0 Å². The Morgan fingerprint density at radius 3 is 2.71 bits per heavy atom. The molecule has 28 heavy (non-hydrogen) atoms. The van der Waals surface area contributed by atoms with Crippen LogP contribution in [-0.4, -0.2) is 47.4 Å². The number of amides is 1. The van der Waals surface area contributed by atoms with Crippen LogP contribution in [0, 0.1) is 0 Å². The monoisotopic (exact) mass is 420 g/mol. The average Bonchev–Trinajstić information content (AvgIpc) is 3.26. The maximum absolute atomic E-state index is 13.2. The molecule has 146 valence electrons. The van der Waals surface area contributed by atoms with Crippen molar-refractivity contribution in [2.24, 2.45) is 7.05 Å².